The zero-order valence-corrected chi connectivity index (χ0v) is 13.4. The summed E-state index contributed by atoms with van der Waals surface area (Å²) in [6.07, 6.45) is 9.93. The summed E-state index contributed by atoms with van der Waals surface area (Å²) in [5, 5.41) is 5.81. The van der Waals surface area contributed by atoms with Gasteiger partial charge < -0.3 is 15.1 Å². The average molecular weight is 306 g/mol. The summed E-state index contributed by atoms with van der Waals surface area (Å²) in [4.78, 5) is 24.2. The van der Waals surface area contributed by atoms with Crippen LogP contribution in [-0.4, -0.2) is 23.9 Å². The van der Waals surface area contributed by atoms with Gasteiger partial charge in [-0.1, -0.05) is 26.2 Å². The molecule has 0 aromatic carbocycles. The highest BCUT2D eigenvalue weighted by atomic mass is 16.3. The molecule has 0 radical (unpaired) electrons. The highest BCUT2D eigenvalue weighted by Gasteiger charge is 2.26. The maximum atomic E-state index is 12.3. The Morgan fingerprint density at radius 2 is 2.00 bits per heavy atom. The van der Waals surface area contributed by atoms with Crippen molar-refractivity contribution in [3.05, 3.63) is 24.2 Å². The molecule has 2 amide bonds. The molecule has 0 aliphatic heterocycles. The number of carbonyl (C=O) groups is 2. The molecule has 1 heterocycles. The summed E-state index contributed by atoms with van der Waals surface area (Å²) in [5.41, 5.74) is 0.430. The molecule has 2 atom stereocenters. The lowest BCUT2D eigenvalue weighted by Crippen LogP contribution is -2.50. The van der Waals surface area contributed by atoms with Crippen LogP contribution in [0, 0.1) is 5.92 Å². The maximum Gasteiger partial charge on any atom is 0.255 e. The third kappa shape index (κ3) is 4.36. The monoisotopic (exact) mass is 306 g/mol. The lowest BCUT2D eigenvalue weighted by Gasteiger charge is -2.31. The Labute approximate surface area is 131 Å². The van der Waals surface area contributed by atoms with Gasteiger partial charge in [0.1, 0.15) is 12.3 Å². The van der Waals surface area contributed by atoms with Crippen LogP contribution < -0.4 is 10.6 Å². The Balaban J connectivity index is 1.85. The van der Waals surface area contributed by atoms with Crippen molar-refractivity contribution >= 4 is 11.8 Å². The van der Waals surface area contributed by atoms with Crippen LogP contribution in [0.1, 0.15) is 62.7 Å². The average Bonchev–Trinajstić information content (AvgIpc) is 3.07. The van der Waals surface area contributed by atoms with Crippen molar-refractivity contribution in [1.82, 2.24) is 10.6 Å². The number of amides is 2. The fraction of sp³-hybridized carbons (Fsp3) is 0.647. The van der Waals surface area contributed by atoms with Crippen LogP contribution in [0.5, 0.6) is 0 Å². The van der Waals surface area contributed by atoms with Crippen molar-refractivity contribution in [2.45, 2.75) is 64.5 Å². The van der Waals surface area contributed by atoms with Crippen molar-refractivity contribution in [2.75, 3.05) is 0 Å². The van der Waals surface area contributed by atoms with Crippen LogP contribution in [0.25, 0.3) is 0 Å². The van der Waals surface area contributed by atoms with Gasteiger partial charge in [0.15, 0.2) is 0 Å². The Hall–Kier alpha value is -1.78. The van der Waals surface area contributed by atoms with Crippen LogP contribution in [-0.2, 0) is 4.79 Å². The van der Waals surface area contributed by atoms with Crippen LogP contribution in [0.15, 0.2) is 23.0 Å². The minimum atomic E-state index is -0.556. The first-order valence-electron chi connectivity index (χ1n) is 8.25. The lowest BCUT2D eigenvalue weighted by molar-refractivity contribution is -0.123. The Bertz CT molecular complexity index is 478. The van der Waals surface area contributed by atoms with E-state index in [1.165, 1.54) is 44.6 Å². The van der Waals surface area contributed by atoms with Crippen molar-refractivity contribution in [2.24, 2.45) is 5.92 Å². The molecule has 0 spiro atoms. The molecule has 1 aromatic heterocycles. The predicted molar refractivity (Wildman–Crippen MR) is 84.4 cm³/mol. The van der Waals surface area contributed by atoms with Crippen LogP contribution in [0.4, 0.5) is 0 Å². The zero-order chi connectivity index (χ0) is 15.9. The first kappa shape index (κ1) is 16.6. The number of rotatable bonds is 6. The Morgan fingerprint density at radius 1 is 1.27 bits per heavy atom. The molecule has 1 aliphatic carbocycles. The molecule has 0 bridgehead atoms. The normalized spacial score (nSPS) is 18.5. The van der Waals surface area contributed by atoms with E-state index < -0.39 is 6.04 Å². The minimum Gasteiger partial charge on any atom is -0.472 e. The van der Waals surface area contributed by atoms with Gasteiger partial charge in [0.2, 0.25) is 5.91 Å². The minimum absolute atomic E-state index is 0.116. The maximum absolute atomic E-state index is 12.3. The molecular formula is C17H26N2O3. The van der Waals surface area contributed by atoms with Gasteiger partial charge >= 0.3 is 0 Å². The van der Waals surface area contributed by atoms with E-state index in [0.29, 0.717) is 11.5 Å². The van der Waals surface area contributed by atoms with Gasteiger partial charge in [-0.2, -0.15) is 0 Å². The Kier molecular flexibility index (Phi) is 6.04. The molecule has 0 unspecified atom stereocenters. The SMILES string of the molecule is CC[C@@H](NC(=O)[C@@H](C)NC(=O)c1ccoc1)C1CCCCC1. The van der Waals surface area contributed by atoms with Crippen LogP contribution in [0.3, 0.4) is 0 Å². The molecule has 1 fully saturated rings. The molecule has 1 saturated carbocycles. The fourth-order valence-electron chi connectivity index (χ4n) is 3.14. The molecular weight excluding hydrogens is 280 g/mol. The summed E-state index contributed by atoms with van der Waals surface area (Å²) in [5.74, 6) is 0.163. The van der Waals surface area contributed by atoms with Gasteiger partial charge in [-0.05, 0) is 38.2 Å². The number of carbonyl (C=O) groups excluding carboxylic acids is 2. The molecule has 2 N–H and O–H groups in total. The first-order valence-corrected chi connectivity index (χ1v) is 8.25. The summed E-state index contributed by atoms with van der Waals surface area (Å²) in [6, 6.07) is 1.23. The molecule has 5 nitrogen and oxygen atoms in total. The van der Waals surface area contributed by atoms with Gasteiger partial charge in [0.25, 0.3) is 5.91 Å². The smallest absolute Gasteiger partial charge is 0.255 e. The third-order valence-electron chi connectivity index (χ3n) is 4.51. The first-order chi connectivity index (χ1) is 10.6. The second kappa shape index (κ2) is 8.01. The van der Waals surface area contributed by atoms with Gasteiger partial charge in [-0.3, -0.25) is 9.59 Å². The van der Waals surface area contributed by atoms with E-state index in [0.717, 1.165) is 6.42 Å². The standard InChI is InChI=1S/C17H26N2O3/c1-3-15(13-7-5-4-6-8-13)19-16(20)12(2)18-17(21)14-9-10-22-11-14/h9-13,15H,3-8H2,1-2H3,(H,18,21)(H,19,20)/t12-,15-/m1/s1. The molecule has 2 rings (SSSR count). The molecule has 1 aromatic rings. The lowest BCUT2D eigenvalue weighted by atomic mass is 9.83. The molecule has 5 heteroatoms. The number of hydrogen-bond acceptors (Lipinski definition) is 3. The van der Waals surface area contributed by atoms with E-state index in [1.807, 2.05) is 0 Å². The predicted octanol–water partition coefficient (Wildman–Crippen LogP) is 2.87. The van der Waals surface area contributed by atoms with Gasteiger partial charge in [-0.15, -0.1) is 0 Å². The van der Waals surface area contributed by atoms with Crippen LogP contribution in [0.2, 0.25) is 0 Å². The topological polar surface area (TPSA) is 71.3 Å². The fourth-order valence-corrected chi connectivity index (χ4v) is 3.14. The van der Waals surface area contributed by atoms with Crippen LogP contribution >= 0.6 is 0 Å². The van der Waals surface area contributed by atoms with E-state index in [2.05, 4.69) is 17.6 Å². The summed E-state index contributed by atoms with van der Waals surface area (Å²) in [6.45, 7) is 3.81. The second-order valence-electron chi connectivity index (χ2n) is 6.13. The van der Waals surface area contributed by atoms with E-state index in [-0.39, 0.29) is 17.9 Å². The molecule has 22 heavy (non-hydrogen) atoms. The van der Waals surface area contributed by atoms with Crippen molar-refractivity contribution < 1.29 is 14.0 Å². The highest BCUT2D eigenvalue weighted by molar-refractivity contribution is 5.97. The number of furan rings is 1. The van der Waals surface area contributed by atoms with Crippen molar-refractivity contribution in [3.63, 3.8) is 0 Å². The second-order valence-corrected chi connectivity index (χ2v) is 6.13. The summed E-state index contributed by atoms with van der Waals surface area (Å²) in [7, 11) is 0. The number of hydrogen-bond donors (Lipinski definition) is 2. The third-order valence-corrected chi connectivity index (χ3v) is 4.51. The zero-order valence-electron chi connectivity index (χ0n) is 13.4. The molecule has 0 saturated heterocycles. The quantitative estimate of drug-likeness (QED) is 0.849. The van der Waals surface area contributed by atoms with Crippen molar-refractivity contribution in [1.29, 1.82) is 0 Å². The Morgan fingerprint density at radius 3 is 2.59 bits per heavy atom. The van der Waals surface area contributed by atoms with E-state index in [1.54, 1.807) is 13.0 Å². The largest absolute Gasteiger partial charge is 0.472 e. The van der Waals surface area contributed by atoms with Gasteiger partial charge in [0, 0.05) is 6.04 Å². The summed E-state index contributed by atoms with van der Waals surface area (Å²) < 4.78 is 4.88. The molecule has 1 aliphatic rings. The van der Waals surface area contributed by atoms with E-state index in [9.17, 15) is 9.59 Å². The molecule has 122 valence electrons. The van der Waals surface area contributed by atoms with E-state index in [4.69, 9.17) is 4.42 Å². The highest BCUT2D eigenvalue weighted by Crippen LogP contribution is 2.27. The van der Waals surface area contributed by atoms with Crippen molar-refractivity contribution in [3.8, 4) is 0 Å². The number of nitrogens with one attached hydrogen (secondary N) is 2. The van der Waals surface area contributed by atoms with E-state index >= 15 is 0 Å². The summed E-state index contributed by atoms with van der Waals surface area (Å²) >= 11 is 0. The van der Waals surface area contributed by atoms with Gasteiger partial charge in [-0.25, -0.2) is 0 Å². The van der Waals surface area contributed by atoms with Gasteiger partial charge in [0.05, 0.1) is 11.8 Å².